The van der Waals surface area contributed by atoms with E-state index in [1.807, 2.05) is 24.3 Å². The summed E-state index contributed by atoms with van der Waals surface area (Å²) in [5.74, 6) is 0.805. The van der Waals surface area contributed by atoms with Gasteiger partial charge in [-0.3, -0.25) is 0 Å². The van der Waals surface area contributed by atoms with Gasteiger partial charge in [-0.05, 0) is 25.1 Å². The number of rotatable bonds is 1. The Hall–Kier alpha value is -1.39. The molecule has 1 aromatic carbocycles. The fourth-order valence-corrected chi connectivity index (χ4v) is 2.48. The predicted octanol–water partition coefficient (Wildman–Crippen LogP) is 2.08. The molecule has 4 nitrogen and oxygen atoms in total. The van der Waals surface area contributed by atoms with Gasteiger partial charge in [-0.1, -0.05) is 23.7 Å². The highest BCUT2D eigenvalue weighted by Crippen LogP contribution is 2.24. The molecule has 1 aromatic heterocycles. The van der Waals surface area contributed by atoms with Crippen molar-refractivity contribution < 1.29 is 0 Å². The topological polar surface area (TPSA) is 41.1 Å². The van der Waals surface area contributed by atoms with Gasteiger partial charge in [0.25, 0.3) is 0 Å². The first-order chi connectivity index (χ1) is 8.84. The van der Waals surface area contributed by atoms with Crippen LogP contribution in [0.1, 0.15) is 6.42 Å². The molecular formula is C13H15ClN4. The smallest absolute Gasteiger partial charge is 0.172 e. The fourth-order valence-electron chi connectivity index (χ4n) is 2.23. The average molecular weight is 263 g/mol. The summed E-state index contributed by atoms with van der Waals surface area (Å²) in [7, 11) is 0. The van der Waals surface area contributed by atoms with Crippen LogP contribution in [0, 0.1) is 0 Å². The summed E-state index contributed by atoms with van der Waals surface area (Å²) in [4.78, 5) is 11.3. The fraction of sp³-hybridized carbons (Fsp3) is 0.385. The SMILES string of the molecule is Clc1nc2ccccc2nc1N1CCCNCC1. The molecule has 0 atom stereocenters. The summed E-state index contributed by atoms with van der Waals surface area (Å²) >= 11 is 6.25. The van der Waals surface area contributed by atoms with E-state index < -0.39 is 0 Å². The van der Waals surface area contributed by atoms with Crippen LogP contribution in [0.25, 0.3) is 11.0 Å². The van der Waals surface area contributed by atoms with Crippen molar-refractivity contribution in [2.75, 3.05) is 31.1 Å². The first-order valence-electron chi connectivity index (χ1n) is 6.22. The van der Waals surface area contributed by atoms with Gasteiger partial charge in [-0.15, -0.1) is 0 Å². The Morgan fingerprint density at radius 2 is 1.83 bits per heavy atom. The maximum atomic E-state index is 6.25. The third-order valence-corrected chi connectivity index (χ3v) is 3.40. The lowest BCUT2D eigenvalue weighted by Gasteiger charge is -2.21. The first-order valence-corrected chi connectivity index (χ1v) is 6.60. The monoisotopic (exact) mass is 262 g/mol. The van der Waals surface area contributed by atoms with E-state index in [1.54, 1.807) is 0 Å². The zero-order chi connectivity index (χ0) is 12.4. The molecule has 2 aromatic rings. The van der Waals surface area contributed by atoms with Gasteiger partial charge in [0.15, 0.2) is 11.0 Å². The summed E-state index contributed by atoms with van der Waals surface area (Å²) < 4.78 is 0. The molecular weight excluding hydrogens is 248 g/mol. The molecule has 1 aliphatic heterocycles. The number of halogens is 1. The number of fused-ring (bicyclic) bond motifs is 1. The van der Waals surface area contributed by atoms with Crippen LogP contribution in [0.15, 0.2) is 24.3 Å². The number of nitrogens with one attached hydrogen (secondary N) is 1. The third kappa shape index (κ3) is 2.26. The Labute approximate surface area is 111 Å². The van der Waals surface area contributed by atoms with Gasteiger partial charge in [-0.2, -0.15) is 0 Å². The minimum atomic E-state index is 0.496. The number of anilines is 1. The molecule has 3 rings (SSSR count). The summed E-state index contributed by atoms with van der Waals surface area (Å²) in [5, 5.41) is 3.87. The van der Waals surface area contributed by atoms with Crippen molar-refractivity contribution >= 4 is 28.5 Å². The Bertz CT molecular complexity index is 550. The maximum absolute atomic E-state index is 6.25. The number of hydrogen-bond donors (Lipinski definition) is 1. The lowest BCUT2D eigenvalue weighted by Crippen LogP contribution is -2.29. The van der Waals surface area contributed by atoms with Gasteiger partial charge in [0.2, 0.25) is 0 Å². The number of para-hydroxylation sites is 2. The predicted molar refractivity (Wildman–Crippen MR) is 74.2 cm³/mol. The molecule has 18 heavy (non-hydrogen) atoms. The number of benzene rings is 1. The molecule has 5 heteroatoms. The van der Waals surface area contributed by atoms with Crippen LogP contribution in [-0.4, -0.2) is 36.1 Å². The normalized spacial score (nSPS) is 16.8. The first kappa shape index (κ1) is 11.7. The summed E-state index contributed by atoms with van der Waals surface area (Å²) in [6.07, 6.45) is 1.10. The molecule has 1 aliphatic rings. The van der Waals surface area contributed by atoms with E-state index in [-0.39, 0.29) is 0 Å². The van der Waals surface area contributed by atoms with E-state index in [9.17, 15) is 0 Å². The molecule has 0 bridgehead atoms. The van der Waals surface area contributed by atoms with Gasteiger partial charge in [0.05, 0.1) is 11.0 Å². The lowest BCUT2D eigenvalue weighted by atomic mass is 10.3. The molecule has 0 amide bonds. The molecule has 1 saturated heterocycles. The molecule has 2 heterocycles. The Morgan fingerprint density at radius 1 is 1.06 bits per heavy atom. The van der Waals surface area contributed by atoms with Crippen molar-refractivity contribution in [3.05, 3.63) is 29.4 Å². The number of nitrogens with zero attached hydrogens (tertiary/aromatic N) is 3. The highest BCUT2D eigenvalue weighted by atomic mass is 35.5. The second-order valence-corrected chi connectivity index (χ2v) is 4.78. The standard InChI is InChI=1S/C13H15ClN4/c14-12-13(18-8-3-6-15-7-9-18)17-11-5-2-1-4-10(11)16-12/h1-2,4-5,15H,3,6-9H2. The van der Waals surface area contributed by atoms with Gasteiger partial charge >= 0.3 is 0 Å². The van der Waals surface area contributed by atoms with E-state index in [1.165, 1.54) is 0 Å². The molecule has 0 unspecified atom stereocenters. The van der Waals surface area contributed by atoms with E-state index in [0.717, 1.165) is 49.5 Å². The van der Waals surface area contributed by atoms with Gasteiger partial charge in [-0.25, -0.2) is 9.97 Å². The zero-order valence-electron chi connectivity index (χ0n) is 10.1. The van der Waals surface area contributed by atoms with Crippen LogP contribution in [0.2, 0.25) is 5.15 Å². The second-order valence-electron chi connectivity index (χ2n) is 4.42. The summed E-state index contributed by atoms with van der Waals surface area (Å²) in [5.41, 5.74) is 1.74. The van der Waals surface area contributed by atoms with Gasteiger partial charge < -0.3 is 10.2 Å². The van der Waals surface area contributed by atoms with E-state index in [4.69, 9.17) is 11.6 Å². The highest BCUT2D eigenvalue weighted by molar-refractivity contribution is 6.32. The van der Waals surface area contributed by atoms with Crippen molar-refractivity contribution in [1.29, 1.82) is 0 Å². The largest absolute Gasteiger partial charge is 0.353 e. The van der Waals surface area contributed by atoms with Crippen LogP contribution in [0.5, 0.6) is 0 Å². The van der Waals surface area contributed by atoms with Crippen LogP contribution >= 0.6 is 11.6 Å². The molecule has 0 spiro atoms. The van der Waals surface area contributed by atoms with Gasteiger partial charge in [0.1, 0.15) is 0 Å². The average Bonchev–Trinajstić information content (AvgIpc) is 2.66. The maximum Gasteiger partial charge on any atom is 0.172 e. The highest BCUT2D eigenvalue weighted by Gasteiger charge is 2.15. The van der Waals surface area contributed by atoms with Crippen molar-refractivity contribution in [1.82, 2.24) is 15.3 Å². The molecule has 0 aliphatic carbocycles. The second kappa shape index (κ2) is 5.08. The van der Waals surface area contributed by atoms with Crippen LogP contribution < -0.4 is 10.2 Å². The van der Waals surface area contributed by atoms with Crippen LogP contribution in [-0.2, 0) is 0 Å². The number of aromatic nitrogens is 2. The van der Waals surface area contributed by atoms with Crippen molar-refractivity contribution in [2.45, 2.75) is 6.42 Å². The minimum Gasteiger partial charge on any atom is -0.353 e. The Morgan fingerprint density at radius 3 is 2.67 bits per heavy atom. The van der Waals surface area contributed by atoms with E-state index in [0.29, 0.717) is 5.15 Å². The molecule has 1 N–H and O–H groups in total. The number of hydrogen-bond acceptors (Lipinski definition) is 4. The van der Waals surface area contributed by atoms with Gasteiger partial charge in [0, 0.05) is 19.6 Å². The van der Waals surface area contributed by atoms with Crippen molar-refractivity contribution in [3.8, 4) is 0 Å². The van der Waals surface area contributed by atoms with Crippen LogP contribution in [0.4, 0.5) is 5.82 Å². The Balaban J connectivity index is 2.02. The summed E-state index contributed by atoms with van der Waals surface area (Å²) in [6.45, 7) is 3.91. The molecule has 94 valence electrons. The van der Waals surface area contributed by atoms with E-state index in [2.05, 4.69) is 20.2 Å². The Kier molecular flexibility index (Phi) is 3.30. The quantitative estimate of drug-likeness (QED) is 0.854. The van der Waals surface area contributed by atoms with Crippen molar-refractivity contribution in [2.24, 2.45) is 0 Å². The zero-order valence-corrected chi connectivity index (χ0v) is 10.8. The third-order valence-electron chi connectivity index (χ3n) is 3.15. The molecule has 0 radical (unpaired) electrons. The van der Waals surface area contributed by atoms with Crippen molar-refractivity contribution in [3.63, 3.8) is 0 Å². The molecule has 0 saturated carbocycles. The minimum absolute atomic E-state index is 0.496. The lowest BCUT2D eigenvalue weighted by molar-refractivity contribution is 0.724. The molecule has 1 fully saturated rings. The van der Waals surface area contributed by atoms with Crippen LogP contribution in [0.3, 0.4) is 0 Å². The summed E-state index contributed by atoms with van der Waals surface area (Å²) in [6, 6.07) is 7.82. The van der Waals surface area contributed by atoms with E-state index >= 15 is 0 Å².